The number of rotatable bonds is 6. The summed E-state index contributed by atoms with van der Waals surface area (Å²) >= 11 is 7.45. The van der Waals surface area contributed by atoms with Crippen LogP contribution in [-0.4, -0.2) is 22.5 Å². The number of nitrogens with one attached hydrogen (secondary N) is 1. The first-order chi connectivity index (χ1) is 14.6. The normalized spacial score (nSPS) is 10.8. The number of thiophene rings is 1. The number of halogens is 1. The standard InChI is InChI=1S/C22H18ClN3O3S/c1-3-28-21-18-13(2)19(30-22(18)25-12-24-21)20(27)26-16-11-14(23)9-10-17(16)29-15-7-5-4-6-8-15/h4-12H,3H2,1-2H3,(H,26,27). The minimum absolute atomic E-state index is 0.280. The highest BCUT2D eigenvalue weighted by Gasteiger charge is 2.21. The predicted molar refractivity (Wildman–Crippen MR) is 119 cm³/mol. The Labute approximate surface area is 182 Å². The molecule has 30 heavy (non-hydrogen) atoms. The lowest BCUT2D eigenvalue weighted by atomic mass is 10.2. The lowest BCUT2D eigenvalue weighted by Gasteiger charge is -2.12. The predicted octanol–water partition coefficient (Wildman–Crippen LogP) is 6.10. The summed E-state index contributed by atoms with van der Waals surface area (Å²) in [4.78, 5) is 22.8. The summed E-state index contributed by atoms with van der Waals surface area (Å²) in [5, 5.41) is 4.15. The molecule has 2 heterocycles. The van der Waals surface area contributed by atoms with Crippen LogP contribution >= 0.6 is 22.9 Å². The highest BCUT2D eigenvalue weighted by atomic mass is 35.5. The number of anilines is 1. The third kappa shape index (κ3) is 4.08. The summed E-state index contributed by atoms with van der Waals surface area (Å²) in [6, 6.07) is 14.4. The summed E-state index contributed by atoms with van der Waals surface area (Å²) in [5.41, 5.74) is 1.24. The molecule has 0 saturated carbocycles. The van der Waals surface area contributed by atoms with Crippen molar-refractivity contribution in [2.75, 3.05) is 11.9 Å². The van der Waals surface area contributed by atoms with E-state index in [4.69, 9.17) is 21.1 Å². The van der Waals surface area contributed by atoms with Gasteiger partial charge in [0.1, 0.15) is 16.9 Å². The van der Waals surface area contributed by atoms with E-state index in [0.29, 0.717) is 44.4 Å². The van der Waals surface area contributed by atoms with Gasteiger partial charge in [-0.05, 0) is 49.7 Å². The molecule has 6 nitrogen and oxygen atoms in total. The van der Waals surface area contributed by atoms with Crippen molar-refractivity contribution >= 4 is 44.7 Å². The van der Waals surface area contributed by atoms with Crippen LogP contribution in [0.2, 0.25) is 5.02 Å². The van der Waals surface area contributed by atoms with Crippen molar-refractivity contribution in [1.82, 2.24) is 9.97 Å². The van der Waals surface area contributed by atoms with Crippen LogP contribution in [0.25, 0.3) is 10.2 Å². The Hall–Kier alpha value is -3.16. The van der Waals surface area contributed by atoms with Crippen LogP contribution in [0.4, 0.5) is 5.69 Å². The molecule has 152 valence electrons. The summed E-state index contributed by atoms with van der Waals surface area (Å²) in [5.74, 6) is 1.35. The molecule has 0 fully saturated rings. The van der Waals surface area contributed by atoms with Gasteiger partial charge in [-0.3, -0.25) is 4.79 Å². The summed E-state index contributed by atoms with van der Waals surface area (Å²) in [6.07, 6.45) is 1.44. The molecule has 4 aromatic rings. The number of ether oxygens (including phenoxy) is 2. The molecule has 0 bridgehead atoms. The SMILES string of the molecule is CCOc1ncnc2sc(C(=O)Nc3cc(Cl)ccc3Oc3ccccc3)c(C)c12. The largest absolute Gasteiger partial charge is 0.477 e. The van der Waals surface area contributed by atoms with Crippen molar-refractivity contribution in [3.05, 3.63) is 70.3 Å². The van der Waals surface area contributed by atoms with E-state index in [1.807, 2.05) is 44.2 Å². The molecule has 2 aromatic carbocycles. The molecular formula is C22H18ClN3O3S. The monoisotopic (exact) mass is 439 g/mol. The molecule has 0 unspecified atom stereocenters. The van der Waals surface area contributed by atoms with E-state index >= 15 is 0 Å². The second kappa shape index (κ2) is 8.69. The molecule has 2 aromatic heterocycles. The van der Waals surface area contributed by atoms with Crippen molar-refractivity contribution in [2.45, 2.75) is 13.8 Å². The maximum Gasteiger partial charge on any atom is 0.266 e. The van der Waals surface area contributed by atoms with E-state index in [2.05, 4.69) is 15.3 Å². The smallest absolute Gasteiger partial charge is 0.266 e. The molecule has 4 rings (SSSR count). The minimum atomic E-state index is -0.280. The molecule has 0 spiro atoms. The van der Waals surface area contributed by atoms with Crippen LogP contribution in [-0.2, 0) is 0 Å². The molecule has 1 amide bonds. The zero-order valence-electron chi connectivity index (χ0n) is 16.3. The summed E-state index contributed by atoms with van der Waals surface area (Å²) in [6.45, 7) is 4.22. The number of hydrogen-bond acceptors (Lipinski definition) is 6. The van der Waals surface area contributed by atoms with E-state index in [-0.39, 0.29) is 5.91 Å². The van der Waals surface area contributed by atoms with Crippen LogP contribution in [0.3, 0.4) is 0 Å². The van der Waals surface area contributed by atoms with Gasteiger partial charge in [-0.2, -0.15) is 0 Å². The number of hydrogen-bond donors (Lipinski definition) is 1. The van der Waals surface area contributed by atoms with Gasteiger partial charge in [0, 0.05) is 5.02 Å². The van der Waals surface area contributed by atoms with Gasteiger partial charge in [-0.1, -0.05) is 29.8 Å². The van der Waals surface area contributed by atoms with Crippen molar-refractivity contribution in [3.63, 3.8) is 0 Å². The van der Waals surface area contributed by atoms with Crippen LogP contribution in [0.5, 0.6) is 17.4 Å². The first kappa shape index (κ1) is 20.1. The third-order valence-electron chi connectivity index (χ3n) is 4.34. The van der Waals surface area contributed by atoms with E-state index in [1.54, 1.807) is 18.2 Å². The van der Waals surface area contributed by atoms with Gasteiger partial charge in [0.05, 0.1) is 22.6 Å². The van der Waals surface area contributed by atoms with E-state index < -0.39 is 0 Å². The first-order valence-corrected chi connectivity index (χ1v) is 10.5. The van der Waals surface area contributed by atoms with Gasteiger partial charge in [0.25, 0.3) is 5.91 Å². The molecule has 0 saturated heterocycles. The Morgan fingerprint density at radius 2 is 1.97 bits per heavy atom. The van der Waals surface area contributed by atoms with Gasteiger partial charge < -0.3 is 14.8 Å². The van der Waals surface area contributed by atoms with E-state index in [1.165, 1.54) is 17.7 Å². The lowest BCUT2D eigenvalue weighted by Crippen LogP contribution is -2.12. The van der Waals surface area contributed by atoms with Gasteiger partial charge in [0.2, 0.25) is 5.88 Å². The van der Waals surface area contributed by atoms with E-state index in [0.717, 1.165) is 10.9 Å². The highest BCUT2D eigenvalue weighted by molar-refractivity contribution is 7.20. The molecule has 0 atom stereocenters. The average Bonchev–Trinajstić information content (AvgIpc) is 3.09. The fraction of sp³-hybridized carbons (Fsp3) is 0.136. The molecule has 1 N–H and O–H groups in total. The minimum Gasteiger partial charge on any atom is -0.477 e. The fourth-order valence-corrected chi connectivity index (χ4v) is 4.19. The maximum atomic E-state index is 13.1. The fourth-order valence-electron chi connectivity index (χ4n) is 2.99. The number of aryl methyl sites for hydroxylation is 1. The first-order valence-electron chi connectivity index (χ1n) is 9.27. The van der Waals surface area contributed by atoms with Crippen LogP contribution in [0.1, 0.15) is 22.2 Å². The quantitative estimate of drug-likeness (QED) is 0.393. The van der Waals surface area contributed by atoms with Crippen LogP contribution < -0.4 is 14.8 Å². The highest BCUT2D eigenvalue weighted by Crippen LogP contribution is 2.36. The zero-order valence-corrected chi connectivity index (χ0v) is 17.9. The lowest BCUT2D eigenvalue weighted by molar-refractivity contribution is 0.103. The Morgan fingerprint density at radius 3 is 2.73 bits per heavy atom. The van der Waals surface area contributed by atoms with Gasteiger partial charge in [-0.15, -0.1) is 11.3 Å². The Morgan fingerprint density at radius 1 is 1.17 bits per heavy atom. The number of carbonyl (C=O) groups excluding carboxylic acids is 1. The number of nitrogens with zero attached hydrogens (tertiary/aromatic N) is 2. The third-order valence-corrected chi connectivity index (χ3v) is 5.77. The molecule has 0 aliphatic carbocycles. The maximum absolute atomic E-state index is 13.1. The zero-order chi connectivity index (χ0) is 21.1. The van der Waals surface area contributed by atoms with Gasteiger partial charge in [-0.25, -0.2) is 9.97 Å². The number of benzene rings is 2. The number of amides is 1. The average molecular weight is 440 g/mol. The molecule has 0 aliphatic heterocycles. The molecule has 8 heteroatoms. The van der Waals surface area contributed by atoms with Gasteiger partial charge >= 0.3 is 0 Å². The topological polar surface area (TPSA) is 73.3 Å². The molecule has 0 aliphatic rings. The van der Waals surface area contributed by atoms with Crippen LogP contribution in [0.15, 0.2) is 54.9 Å². The molecule has 0 radical (unpaired) electrons. The van der Waals surface area contributed by atoms with Crippen LogP contribution in [0, 0.1) is 6.92 Å². The van der Waals surface area contributed by atoms with Crippen molar-refractivity contribution in [2.24, 2.45) is 0 Å². The van der Waals surface area contributed by atoms with Gasteiger partial charge in [0.15, 0.2) is 5.75 Å². The Kier molecular flexibility index (Phi) is 5.83. The Bertz CT molecular complexity index is 1210. The van der Waals surface area contributed by atoms with Crippen molar-refractivity contribution < 1.29 is 14.3 Å². The van der Waals surface area contributed by atoms with Crippen molar-refractivity contribution in [1.29, 1.82) is 0 Å². The number of fused-ring (bicyclic) bond motifs is 1. The van der Waals surface area contributed by atoms with Crippen molar-refractivity contribution in [3.8, 4) is 17.4 Å². The number of aromatic nitrogens is 2. The second-order valence-electron chi connectivity index (χ2n) is 6.36. The molecular weight excluding hydrogens is 422 g/mol. The van der Waals surface area contributed by atoms with E-state index in [9.17, 15) is 4.79 Å². The summed E-state index contributed by atoms with van der Waals surface area (Å²) < 4.78 is 11.5. The number of para-hydroxylation sites is 1. The second-order valence-corrected chi connectivity index (χ2v) is 7.79. The number of carbonyl (C=O) groups is 1. The summed E-state index contributed by atoms with van der Waals surface area (Å²) in [7, 11) is 0. The Balaban J connectivity index is 1.67.